The zero-order chi connectivity index (χ0) is 13.8. The smallest absolute Gasteiger partial charge is 0.339 e. The van der Waals surface area contributed by atoms with E-state index in [-0.39, 0.29) is 6.61 Å². The third kappa shape index (κ3) is 4.00. The Hall–Kier alpha value is -0.970. The number of hydrogen-bond acceptors (Lipinski definition) is 3. The zero-order valence-corrected chi connectivity index (χ0v) is 13.0. The van der Waals surface area contributed by atoms with Crippen LogP contribution < -0.4 is 0 Å². The monoisotopic (exact) mass is 356 g/mol. The summed E-state index contributed by atoms with van der Waals surface area (Å²) >= 11 is 13.3. The maximum absolute atomic E-state index is 11.9. The average Bonchev–Trinajstić information content (AvgIpc) is 2.40. The molecule has 0 heterocycles. The van der Waals surface area contributed by atoms with Gasteiger partial charge in [0.2, 0.25) is 0 Å². The first kappa shape index (κ1) is 14.4. The van der Waals surface area contributed by atoms with E-state index in [1.165, 1.54) is 0 Å². The van der Waals surface area contributed by atoms with Crippen LogP contribution in [-0.4, -0.2) is 5.97 Å². The second-order valence-corrected chi connectivity index (χ2v) is 5.67. The summed E-state index contributed by atoms with van der Waals surface area (Å²) in [6, 6.07) is 12.4. The molecule has 0 aliphatic rings. The van der Waals surface area contributed by atoms with Crippen LogP contribution in [0.4, 0.5) is 0 Å². The zero-order valence-electron chi connectivity index (χ0n) is 9.77. The summed E-state index contributed by atoms with van der Waals surface area (Å²) in [5, 5.41) is 0.653. The summed E-state index contributed by atoms with van der Waals surface area (Å²) in [5.74, 6) is -0.391. The lowest BCUT2D eigenvalue weighted by atomic mass is 10.2. The van der Waals surface area contributed by atoms with E-state index in [2.05, 4.69) is 28.6 Å². The van der Waals surface area contributed by atoms with Crippen molar-refractivity contribution in [3.63, 3.8) is 0 Å². The van der Waals surface area contributed by atoms with Gasteiger partial charge in [0.05, 0.1) is 5.56 Å². The van der Waals surface area contributed by atoms with Crippen molar-refractivity contribution in [2.75, 3.05) is 0 Å². The summed E-state index contributed by atoms with van der Waals surface area (Å²) in [4.78, 5) is 12.7. The summed E-state index contributed by atoms with van der Waals surface area (Å²) in [6.45, 7) is 0.208. The van der Waals surface area contributed by atoms with Crippen molar-refractivity contribution >= 4 is 46.1 Å². The quantitative estimate of drug-likeness (QED) is 0.634. The van der Waals surface area contributed by atoms with Crippen molar-refractivity contribution < 1.29 is 9.53 Å². The Labute approximate surface area is 130 Å². The number of esters is 1. The van der Waals surface area contributed by atoms with E-state index in [0.717, 1.165) is 5.56 Å². The van der Waals surface area contributed by atoms with Crippen molar-refractivity contribution in [2.24, 2.45) is 0 Å². The standard InChI is InChI=1S/C14H10BrClO2S/c15-13-6-5-11(19)7-12(13)14(17)18-8-9-1-3-10(16)4-2-9/h1-7,19H,8H2. The highest BCUT2D eigenvalue weighted by Crippen LogP contribution is 2.21. The van der Waals surface area contributed by atoms with Crippen LogP contribution >= 0.6 is 40.2 Å². The maximum atomic E-state index is 11.9. The molecular formula is C14H10BrClO2S. The molecule has 0 amide bonds. The molecule has 0 saturated heterocycles. The molecule has 0 aliphatic carbocycles. The van der Waals surface area contributed by atoms with Crippen molar-refractivity contribution in [1.29, 1.82) is 0 Å². The van der Waals surface area contributed by atoms with Crippen LogP contribution in [0.5, 0.6) is 0 Å². The van der Waals surface area contributed by atoms with Crippen LogP contribution in [-0.2, 0) is 11.3 Å². The molecular weight excluding hydrogens is 348 g/mol. The molecule has 0 spiro atoms. The van der Waals surface area contributed by atoms with E-state index in [4.69, 9.17) is 16.3 Å². The second kappa shape index (κ2) is 6.46. The fourth-order valence-corrected chi connectivity index (χ4v) is 2.22. The Balaban J connectivity index is 2.05. The van der Waals surface area contributed by atoms with Crippen LogP contribution in [0.15, 0.2) is 51.8 Å². The van der Waals surface area contributed by atoms with Gasteiger partial charge >= 0.3 is 5.97 Å². The Morgan fingerprint density at radius 1 is 1.21 bits per heavy atom. The number of carbonyl (C=O) groups excluding carboxylic acids is 1. The molecule has 0 fully saturated rings. The fraction of sp³-hybridized carbons (Fsp3) is 0.0714. The maximum Gasteiger partial charge on any atom is 0.339 e. The Morgan fingerprint density at radius 2 is 1.89 bits per heavy atom. The molecule has 0 aromatic heterocycles. The number of hydrogen-bond donors (Lipinski definition) is 1. The summed E-state index contributed by atoms with van der Waals surface area (Å²) in [5.41, 5.74) is 1.34. The minimum absolute atomic E-state index is 0.208. The molecule has 2 aromatic carbocycles. The molecule has 0 N–H and O–H groups in total. The Morgan fingerprint density at radius 3 is 2.58 bits per heavy atom. The summed E-state index contributed by atoms with van der Waals surface area (Å²) in [7, 11) is 0. The van der Waals surface area contributed by atoms with E-state index < -0.39 is 5.97 Å². The lowest BCUT2D eigenvalue weighted by Gasteiger charge is -2.07. The van der Waals surface area contributed by atoms with Gasteiger partial charge in [-0.3, -0.25) is 0 Å². The van der Waals surface area contributed by atoms with Gasteiger partial charge in [-0.25, -0.2) is 4.79 Å². The number of carbonyl (C=O) groups is 1. The molecule has 0 bridgehead atoms. The number of benzene rings is 2. The molecule has 2 aromatic rings. The van der Waals surface area contributed by atoms with Crippen molar-refractivity contribution in [1.82, 2.24) is 0 Å². The van der Waals surface area contributed by atoms with Gasteiger partial charge in [-0.2, -0.15) is 0 Å². The van der Waals surface area contributed by atoms with Gasteiger partial charge < -0.3 is 4.74 Å². The second-order valence-electron chi connectivity index (χ2n) is 3.87. The topological polar surface area (TPSA) is 26.3 Å². The lowest BCUT2D eigenvalue weighted by molar-refractivity contribution is 0.0471. The van der Waals surface area contributed by atoms with Crippen LogP contribution in [0.25, 0.3) is 0 Å². The van der Waals surface area contributed by atoms with Gasteiger partial charge in [0.15, 0.2) is 0 Å². The van der Waals surface area contributed by atoms with E-state index in [1.807, 2.05) is 12.1 Å². The Bertz CT molecular complexity index is 599. The van der Waals surface area contributed by atoms with E-state index >= 15 is 0 Å². The van der Waals surface area contributed by atoms with Crippen molar-refractivity contribution in [2.45, 2.75) is 11.5 Å². The van der Waals surface area contributed by atoms with Gasteiger partial charge in [0, 0.05) is 14.4 Å². The van der Waals surface area contributed by atoms with E-state index in [1.54, 1.807) is 30.3 Å². The molecule has 19 heavy (non-hydrogen) atoms. The molecule has 2 rings (SSSR count). The van der Waals surface area contributed by atoms with Gasteiger partial charge in [-0.15, -0.1) is 12.6 Å². The van der Waals surface area contributed by atoms with Gasteiger partial charge in [0.25, 0.3) is 0 Å². The molecule has 5 heteroatoms. The van der Waals surface area contributed by atoms with Gasteiger partial charge in [-0.1, -0.05) is 23.7 Å². The molecule has 2 nitrogen and oxygen atoms in total. The van der Waals surface area contributed by atoms with Gasteiger partial charge in [-0.05, 0) is 51.8 Å². The molecule has 0 unspecified atom stereocenters. The van der Waals surface area contributed by atoms with E-state index in [0.29, 0.717) is 20.0 Å². The fourth-order valence-electron chi connectivity index (χ4n) is 1.48. The molecule has 0 atom stereocenters. The van der Waals surface area contributed by atoms with Crippen LogP contribution in [0.1, 0.15) is 15.9 Å². The number of ether oxygens (including phenoxy) is 1. The highest BCUT2D eigenvalue weighted by atomic mass is 79.9. The lowest BCUT2D eigenvalue weighted by Crippen LogP contribution is -2.06. The average molecular weight is 358 g/mol. The number of halogens is 2. The summed E-state index contributed by atoms with van der Waals surface area (Å²) < 4.78 is 5.93. The minimum Gasteiger partial charge on any atom is -0.457 e. The SMILES string of the molecule is O=C(OCc1ccc(Cl)cc1)c1cc(S)ccc1Br. The first-order valence-corrected chi connectivity index (χ1v) is 7.08. The molecule has 0 saturated carbocycles. The predicted molar refractivity (Wildman–Crippen MR) is 82.0 cm³/mol. The predicted octanol–water partition coefficient (Wildman–Crippen LogP) is 4.75. The van der Waals surface area contributed by atoms with Gasteiger partial charge in [0.1, 0.15) is 6.61 Å². The van der Waals surface area contributed by atoms with Crippen LogP contribution in [0.2, 0.25) is 5.02 Å². The molecule has 0 aliphatic heterocycles. The summed E-state index contributed by atoms with van der Waals surface area (Å²) in [6.07, 6.45) is 0. The first-order valence-electron chi connectivity index (χ1n) is 5.46. The Kier molecular flexibility index (Phi) is 4.91. The van der Waals surface area contributed by atoms with Crippen molar-refractivity contribution in [3.8, 4) is 0 Å². The minimum atomic E-state index is -0.391. The van der Waals surface area contributed by atoms with E-state index in [9.17, 15) is 4.79 Å². The van der Waals surface area contributed by atoms with Crippen molar-refractivity contribution in [3.05, 3.63) is 63.1 Å². The van der Waals surface area contributed by atoms with Crippen LogP contribution in [0.3, 0.4) is 0 Å². The largest absolute Gasteiger partial charge is 0.457 e. The van der Waals surface area contributed by atoms with Crippen LogP contribution in [0, 0.1) is 0 Å². The number of rotatable bonds is 3. The number of thiol groups is 1. The highest BCUT2D eigenvalue weighted by Gasteiger charge is 2.12. The third-order valence-corrected chi connectivity index (χ3v) is 3.67. The normalized spacial score (nSPS) is 10.3. The molecule has 98 valence electrons. The third-order valence-electron chi connectivity index (χ3n) is 2.45. The highest BCUT2D eigenvalue weighted by molar-refractivity contribution is 9.10. The first-order chi connectivity index (χ1) is 9.06. The molecule has 0 radical (unpaired) electrons.